The molecule has 1 aromatic rings. The van der Waals surface area contributed by atoms with Gasteiger partial charge in [-0.15, -0.1) is 0 Å². The number of hydrogen-bond acceptors (Lipinski definition) is 3. The standard InChI is InChI=1S/C16H22N2O2/c1-16(2,3)11-5-6-13-14(7-11)20-10-12-8-17(4)9-15(19)18(12)13/h5-7,12H,8-10H2,1-4H3. The second-order valence-corrected chi connectivity index (χ2v) is 6.86. The number of carbonyl (C=O) groups is 1. The van der Waals surface area contributed by atoms with Crippen molar-refractivity contribution in [1.82, 2.24) is 4.90 Å². The molecule has 20 heavy (non-hydrogen) atoms. The number of likely N-dealkylation sites (N-methyl/N-ethyl adjacent to an activating group) is 1. The number of anilines is 1. The normalized spacial score (nSPS) is 23.1. The Hall–Kier alpha value is -1.55. The Morgan fingerprint density at radius 2 is 2.05 bits per heavy atom. The fraction of sp³-hybridized carbons (Fsp3) is 0.562. The number of piperazine rings is 1. The number of carbonyl (C=O) groups excluding carboxylic acids is 1. The van der Waals surface area contributed by atoms with Crippen molar-refractivity contribution in [2.24, 2.45) is 0 Å². The predicted molar refractivity (Wildman–Crippen MR) is 79.4 cm³/mol. The second kappa shape index (κ2) is 4.48. The van der Waals surface area contributed by atoms with Crippen LogP contribution in [-0.2, 0) is 10.2 Å². The monoisotopic (exact) mass is 274 g/mol. The van der Waals surface area contributed by atoms with E-state index in [-0.39, 0.29) is 17.4 Å². The van der Waals surface area contributed by atoms with Gasteiger partial charge in [0.1, 0.15) is 12.4 Å². The Balaban J connectivity index is 1.99. The fourth-order valence-corrected chi connectivity index (χ4v) is 2.96. The first-order valence-corrected chi connectivity index (χ1v) is 7.14. The summed E-state index contributed by atoms with van der Waals surface area (Å²) in [5, 5.41) is 0. The molecule has 0 bridgehead atoms. The van der Waals surface area contributed by atoms with Gasteiger partial charge < -0.3 is 9.64 Å². The first-order chi connectivity index (χ1) is 9.36. The fourth-order valence-electron chi connectivity index (χ4n) is 2.96. The molecule has 108 valence electrons. The van der Waals surface area contributed by atoms with E-state index in [0.29, 0.717) is 13.2 Å². The van der Waals surface area contributed by atoms with E-state index in [4.69, 9.17) is 4.74 Å². The molecule has 1 amide bonds. The summed E-state index contributed by atoms with van der Waals surface area (Å²) in [5.74, 6) is 1.00. The lowest BCUT2D eigenvalue weighted by Crippen LogP contribution is -2.59. The number of benzene rings is 1. The van der Waals surface area contributed by atoms with Crippen molar-refractivity contribution in [2.75, 3.05) is 31.6 Å². The van der Waals surface area contributed by atoms with Crippen LogP contribution in [0.4, 0.5) is 5.69 Å². The van der Waals surface area contributed by atoms with Crippen LogP contribution >= 0.6 is 0 Å². The third kappa shape index (κ3) is 2.18. The molecule has 0 spiro atoms. The van der Waals surface area contributed by atoms with E-state index in [0.717, 1.165) is 18.0 Å². The molecule has 1 atom stereocenters. The molecule has 1 saturated heterocycles. The molecule has 0 aliphatic carbocycles. The third-order valence-electron chi connectivity index (χ3n) is 4.08. The predicted octanol–water partition coefficient (Wildman–Crippen LogP) is 2.02. The lowest BCUT2D eigenvalue weighted by molar-refractivity contribution is -0.122. The molecule has 4 nitrogen and oxygen atoms in total. The van der Waals surface area contributed by atoms with E-state index in [9.17, 15) is 4.79 Å². The van der Waals surface area contributed by atoms with Crippen LogP contribution in [0.1, 0.15) is 26.3 Å². The molecule has 2 aliphatic heterocycles. The lowest BCUT2D eigenvalue weighted by Gasteiger charge is -2.43. The van der Waals surface area contributed by atoms with Gasteiger partial charge in [0, 0.05) is 6.54 Å². The zero-order valence-corrected chi connectivity index (χ0v) is 12.6. The average Bonchev–Trinajstić information content (AvgIpc) is 2.36. The van der Waals surface area contributed by atoms with Gasteiger partial charge in [0.15, 0.2) is 0 Å². The van der Waals surface area contributed by atoms with E-state index >= 15 is 0 Å². The maximum absolute atomic E-state index is 12.3. The SMILES string of the molecule is CN1CC(=O)N2c3ccc(C(C)(C)C)cc3OCC2C1. The molecule has 2 heterocycles. The van der Waals surface area contributed by atoms with Crippen molar-refractivity contribution >= 4 is 11.6 Å². The highest BCUT2D eigenvalue weighted by Gasteiger charge is 2.37. The van der Waals surface area contributed by atoms with E-state index in [1.54, 1.807) is 0 Å². The number of ether oxygens (including phenoxy) is 1. The summed E-state index contributed by atoms with van der Waals surface area (Å²) >= 11 is 0. The molecule has 0 aromatic heterocycles. The van der Waals surface area contributed by atoms with Crippen molar-refractivity contribution in [3.63, 3.8) is 0 Å². The molecule has 1 fully saturated rings. The Bertz CT molecular complexity index is 548. The van der Waals surface area contributed by atoms with Crippen molar-refractivity contribution in [1.29, 1.82) is 0 Å². The first-order valence-electron chi connectivity index (χ1n) is 7.14. The molecular weight excluding hydrogens is 252 g/mol. The number of nitrogens with zero attached hydrogens (tertiary/aromatic N) is 2. The van der Waals surface area contributed by atoms with Crippen molar-refractivity contribution in [2.45, 2.75) is 32.2 Å². The van der Waals surface area contributed by atoms with Gasteiger partial charge in [-0.05, 0) is 30.2 Å². The summed E-state index contributed by atoms with van der Waals surface area (Å²) in [6.07, 6.45) is 0. The van der Waals surface area contributed by atoms with Gasteiger partial charge in [-0.2, -0.15) is 0 Å². The Morgan fingerprint density at radius 3 is 2.75 bits per heavy atom. The van der Waals surface area contributed by atoms with Gasteiger partial charge in [-0.25, -0.2) is 0 Å². The van der Waals surface area contributed by atoms with Crippen molar-refractivity contribution in [3.05, 3.63) is 23.8 Å². The lowest BCUT2D eigenvalue weighted by atomic mass is 9.86. The van der Waals surface area contributed by atoms with Crippen LogP contribution in [0.2, 0.25) is 0 Å². The maximum Gasteiger partial charge on any atom is 0.241 e. The van der Waals surface area contributed by atoms with Gasteiger partial charge in [0.25, 0.3) is 0 Å². The van der Waals surface area contributed by atoms with E-state index in [2.05, 4.69) is 37.8 Å². The van der Waals surface area contributed by atoms with Gasteiger partial charge in [0.05, 0.1) is 18.3 Å². The minimum atomic E-state index is 0.0847. The minimum absolute atomic E-state index is 0.0847. The highest BCUT2D eigenvalue weighted by molar-refractivity contribution is 5.98. The molecule has 0 saturated carbocycles. The summed E-state index contributed by atoms with van der Waals surface area (Å²) in [5.41, 5.74) is 2.24. The van der Waals surface area contributed by atoms with Crippen LogP contribution in [0, 0.1) is 0 Å². The van der Waals surface area contributed by atoms with Crippen molar-refractivity contribution < 1.29 is 9.53 Å². The van der Waals surface area contributed by atoms with Crippen molar-refractivity contribution in [3.8, 4) is 5.75 Å². The topological polar surface area (TPSA) is 32.8 Å². The molecule has 0 N–H and O–H groups in total. The zero-order valence-electron chi connectivity index (χ0n) is 12.6. The van der Waals surface area contributed by atoms with Crippen LogP contribution < -0.4 is 9.64 Å². The Morgan fingerprint density at radius 1 is 1.30 bits per heavy atom. The van der Waals surface area contributed by atoms with Gasteiger partial charge in [-0.1, -0.05) is 26.8 Å². The zero-order chi connectivity index (χ0) is 14.5. The highest BCUT2D eigenvalue weighted by atomic mass is 16.5. The largest absolute Gasteiger partial charge is 0.489 e. The van der Waals surface area contributed by atoms with Gasteiger partial charge >= 0.3 is 0 Å². The molecule has 2 aliphatic rings. The van der Waals surface area contributed by atoms with Crippen LogP contribution in [0.5, 0.6) is 5.75 Å². The summed E-state index contributed by atoms with van der Waals surface area (Å²) in [4.78, 5) is 16.3. The highest BCUT2D eigenvalue weighted by Crippen LogP contribution is 2.38. The number of fused-ring (bicyclic) bond motifs is 3. The number of amides is 1. The van der Waals surface area contributed by atoms with E-state index < -0.39 is 0 Å². The third-order valence-corrected chi connectivity index (χ3v) is 4.08. The molecule has 1 aromatic carbocycles. The number of rotatable bonds is 0. The van der Waals surface area contributed by atoms with Crippen LogP contribution in [-0.4, -0.2) is 43.6 Å². The molecule has 3 rings (SSSR count). The summed E-state index contributed by atoms with van der Waals surface area (Å²) in [6.45, 7) is 8.48. The van der Waals surface area contributed by atoms with E-state index in [1.807, 2.05) is 18.0 Å². The minimum Gasteiger partial charge on any atom is -0.489 e. The van der Waals surface area contributed by atoms with E-state index in [1.165, 1.54) is 5.56 Å². The molecule has 4 heteroatoms. The first kappa shape index (κ1) is 13.4. The quantitative estimate of drug-likeness (QED) is 0.725. The smallest absolute Gasteiger partial charge is 0.241 e. The molecule has 0 radical (unpaired) electrons. The van der Waals surface area contributed by atoms with Crippen LogP contribution in [0.25, 0.3) is 0 Å². The number of hydrogen-bond donors (Lipinski definition) is 0. The Kier molecular flexibility index (Phi) is 3.01. The average molecular weight is 274 g/mol. The van der Waals surface area contributed by atoms with Gasteiger partial charge in [0.2, 0.25) is 5.91 Å². The Labute approximate surface area is 120 Å². The van der Waals surface area contributed by atoms with Crippen LogP contribution in [0.15, 0.2) is 18.2 Å². The van der Waals surface area contributed by atoms with Crippen LogP contribution in [0.3, 0.4) is 0 Å². The molecule has 1 unspecified atom stereocenters. The summed E-state index contributed by atoms with van der Waals surface area (Å²) in [7, 11) is 1.98. The summed E-state index contributed by atoms with van der Waals surface area (Å²) < 4.78 is 5.90. The second-order valence-electron chi connectivity index (χ2n) is 6.86. The van der Waals surface area contributed by atoms with Gasteiger partial charge in [-0.3, -0.25) is 9.69 Å². The molecular formula is C16H22N2O2. The maximum atomic E-state index is 12.3. The summed E-state index contributed by atoms with van der Waals surface area (Å²) in [6, 6.07) is 6.35.